The van der Waals surface area contributed by atoms with Gasteiger partial charge in [-0.3, -0.25) is 14.5 Å². The molecule has 0 radical (unpaired) electrons. The van der Waals surface area contributed by atoms with Crippen molar-refractivity contribution in [2.45, 2.75) is 45.6 Å². The second kappa shape index (κ2) is 4.57. The maximum Gasteiger partial charge on any atom is 0.327 e. The summed E-state index contributed by atoms with van der Waals surface area (Å²) < 4.78 is 0. The van der Waals surface area contributed by atoms with Gasteiger partial charge in [0.25, 0.3) is 0 Å². The molecular formula is C17H20N2O4. The van der Waals surface area contributed by atoms with Crippen molar-refractivity contribution in [3.05, 3.63) is 23.8 Å². The van der Waals surface area contributed by atoms with Crippen LogP contribution < -0.4 is 10.2 Å². The molecule has 2 heterocycles. The normalized spacial score (nSPS) is 24.3. The van der Waals surface area contributed by atoms with Gasteiger partial charge in [-0.2, -0.15) is 0 Å². The van der Waals surface area contributed by atoms with E-state index in [1.165, 1.54) is 4.90 Å². The van der Waals surface area contributed by atoms with Gasteiger partial charge in [0.05, 0.1) is 11.1 Å². The van der Waals surface area contributed by atoms with E-state index in [2.05, 4.69) is 5.32 Å². The Morgan fingerprint density at radius 3 is 2.57 bits per heavy atom. The molecule has 2 N–H and O–H groups in total. The summed E-state index contributed by atoms with van der Waals surface area (Å²) in [5, 5.41) is 12.5. The summed E-state index contributed by atoms with van der Waals surface area (Å²) >= 11 is 0. The molecule has 2 aliphatic heterocycles. The van der Waals surface area contributed by atoms with Gasteiger partial charge in [0.1, 0.15) is 6.04 Å². The summed E-state index contributed by atoms with van der Waals surface area (Å²) in [6.45, 7) is 7.10. The molecule has 0 fully saturated rings. The Kier molecular flexibility index (Phi) is 3.08. The molecule has 2 aliphatic rings. The van der Waals surface area contributed by atoms with Gasteiger partial charge in [-0.25, -0.2) is 4.79 Å². The summed E-state index contributed by atoms with van der Waals surface area (Å²) in [4.78, 5) is 38.3. The Morgan fingerprint density at radius 2 is 2.00 bits per heavy atom. The third kappa shape index (κ3) is 2.04. The van der Waals surface area contributed by atoms with Crippen molar-refractivity contribution in [1.29, 1.82) is 0 Å². The van der Waals surface area contributed by atoms with E-state index >= 15 is 0 Å². The van der Waals surface area contributed by atoms with Gasteiger partial charge >= 0.3 is 5.97 Å². The second-order valence-electron chi connectivity index (χ2n) is 7.54. The zero-order chi connectivity index (χ0) is 17.2. The molecule has 1 aromatic rings. The maximum atomic E-state index is 13.1. The number of carboxylic acids is 1. The zero-order valence-corrected chi connectivity index (χ0v) is 13.6. The molecule has 0 aliphatic carbocycles. The lowest BCUT2D eigenvalue weighted by Crippen LogP contribution is -2.54. The molecule has 6 heteroatoms. The number of rotatable bonds is 2. The molecule has 0 saturated carbocycles. The summed E-state index contributed by atoms with van der Waals surface area (Å²) in [6.07, 6.45) is 0.0306. The molecule has 3 rings (SSSR count). The van der Waals surface area contributed by atoms with Gasteiger partial charge in [-0.05, 0) is 24.5 Å². The third-order valence-electron chi connectivity index (χ3n) is 4.65. The van der Waals surface area contributed by atoms with Crippen LogP contribution in [0.5, 0.6) is 0 Å². The molecule has 0 spiro atoms. The van der Waals surface area contributed by atoms with Crippen LogP contribution in [-0.4, -0.2) is 28.9 Å². The predicted molar refractivity (Wildman–Crippen MR) is 85.4 cm³/mol. The molecule has 0 bridgehead atoms. The van der Waals surface area contributed by atoms with E-state index in [4.69, 9.17) is 0 Å². The molecule has 6 nitrogen and oxygen atoms in total. The third-order valence-corrected chi connectivity index (χ3v) is 4.65. The molecular weight excluding hydrogens is 296 g/mol. The quantitative estimate of drug-likeness (QED) is 0.875. The van der Waals surface area contributed by atoms with Crippen molar-refractivity contribution in [1.82, 2.24) is 0 Å². The highest BCUT2D eigenvalue weighted by atomic mass is 16.4. The molecule has 0 aromatic heterocycles. The Labute approximate surface area is 134 Å². The number of nitrogens with zero attached hydrogens (tertiary/aromatic N) is 1. The van der Waals surface area contributed by atoms with Crippen molar-refractivity contribution in [3.8, 4) is 0 Å². The average molecular weight is 316 g/mol. The van der Waals surface area contributed by atoms with E-state index in [0.717, 1.165) is 5.56 Å². The standard InChI is InChI=1S/C17H20N2O4/c1-16(2,3)13(14(21)22)19-10-7-5-6-9-12(10)17(4,15(19)23)8-11(20)18-9/h5-7,13H,8H2,1-4H3,(H,18,20)(H,21,22). The van der Waals surface area contributed by atoms with Crippen LogP contribution in [0.1, 0.15) is 39.7 Å². The number of amides is 2. The van der Waals surface area contributed by atoms with Gasteiger partial charge in [-0.1, -0.05) is 26.8 Å². The van der Waals surface area contributed by atoms with E-state index < -0.39 is 22.8 Å². The van der Waals surface area contributed by atoms with Gasteiger partial charge in [0.15, 0.2) is 0 Å². The Morgan fingerprint density at radius 1 is 1.35 bits per heavy atom. The van der Waals surface area contributed by atoms with Crippen LogP contribution in [0.25, 0.3) is 0 Å². The van der Waals surface area contributed by atoms with Crippen LogP contribution in [0.3, 0.4) is 0 Å². The minimum atomic E-state index is -1.05. The number of hydrogen-bond donors (Lipinski definition) is 2. The average Bonchev–Trinajstić information content (AvgIpc) is 2.60. The van der Waals surface area contributed by atoms with E-state index in [1.807, 2.05) is 0 Å². The van der Waals surface area contributed by atoms with Crippen LogP contribution in [0.2, 0.25) is 0 Å². The fourth-order valence-corrected chi connectivity index (χ4v) is 3.71. The molecule has 1 aromatic carbocycles. The lowest BCUT2D eigenvalue weighted by atomic mass is 9.77. The van der Waals surface area contributed by atoms with E-state index in [0.29, 0.717) is 11.4 Å². The number of carbonyl (C=O) groups is 3. The number of benzene rings is 1. The first kappa shape index (κ1) is 15.5. The summed E-state index contributed by atoms with van der Waals surface area (Å²) in [6, 6.07) is 4.23. The summed E-state index contributed by atoms with van der Waals surface area (Å²) in [5.74, 6) is -1.60. The lowest BCUT2D eigenvalue weighted by Gasteiger charge is -2.36. The van der Waals surface area contributed by atoms with Crippen LogP contribution in [0.15, 0.2) is 18.2 Å². The van der Waals surface area contributed by atoms with Crippen molar-refractivity contribution >= 4 is 29.2 Å². The number of carboxylic acid groups (broad SMARTS) is 1. The highest BCUT2D eigenvalue weighted by molar-refractivity contribution is 6.17. The van der Waals surface area contributed by atoms with Gasteiger partial charge in [-0.15, -0.1) is 0 Å². The van der Waals surface area contributed by atoms with E-state index in [-0.39, 0.29) is 18.2 Å². The first-order valence-electron chi connectivity index (χ1n) is 7.57. The van der Waals surface area contributed by atoms with Crippen molar-refractivity contribution in [2.75, 3.05) is 10.2 Å². The zero-order valence-electron chi connectivity index (χ0n) is 13.6. The lowest BCUT2D eigenvalue weighted by molar-refractivity contribution is -0.143. The second-order valence-corrected chi connectivity index (χ2v) is 7.54. The topological polar surface area (TPSA) is 86.7 Å². The number of nitrogens with one attached hydrogen (secondary N) is 1. The van der Waals surface area contributed by atoms with Gasteiger partial charge < -0.3 is 10.4 Å². The van der Waals surface area contributed by atoms with Crippen LogP contribution in [0.4, 0.5) is 11.4 Å². The largest absolute Gasteiger partial charge is 0.480 e. The van der Waals surface area contributed by atoms with E-state index in [9.17, 15) is 19.5 Å². The molecule has 23 heavy (non-hydrogen) atoms. The molecule has 122 valence electrons. The van der Waals surface area contributed by atoms with Crippen molar-refractivity contribution in [3.63, 3.8) is 0 Å². The van der Waals surface area contributed by atoms with E-state index in [1.54, 1.807) is 45.9 Å². The van der Waals surface area contributed by atoms with Gasteiger partial charge in [0.2, 0.25) is 11.8 Å². The fraction of sp³-hybridized carbons (Fsp3) is 0.471. The molecule has 2 amide bonds. The number of anilines is 2. The Hall–Kier alpha value is -2.37. The van der Waals surface area contributed by atoms with Crippen LogP contribution >= 0.6 is 0 Å². The highest BCUT2D eigenvalue weighted by Crippen LogP contribution is 2.51. The maximum absolute atomic E-state index is 13.1. The first-order chi connectivity index (χ1) is 10.6. The SMILES string of the molecule is CC12CC(=O)Nc3cccc(c31)N(C(C(=O)O)C(C)(C)C)C2=O. The predicted octanol–water partition coefficient (Wildman–Crippen LogP) is 2.13. The molecule has 0 saturated heterocycles. The smallest absolute Gasteiger partial charge is 0.327 e. The summed E-state index contributed by atoms with van der Waals surface area (Å²) in [7, 11) is 0. The van der Waals surface area contributed by atoms with Crippen LogP contribution in [0, 0.1) is 5.41 Å². The number of hydrogen-bond acceptors (Lipinski definition) is 3. The highest BCUT2D eigenvalue weighted by Gasteiger charge is 2.56. The minimum absolute atomic E-state index is 0.0306. The van der Waals surface area contributed by atoms with Crippen molar-refractivity contribution in [2.24, 2.45) is 5.41 Å². The minimum Gasteiger partial charge on any atom is -0.480 e. The first-order valence-corrected chi connectivity index (χ1v) is 7.57. The number of aliphatic carboxylic acids is 1. The van der Waals surface area contributed by atoms with Gasteiger partial charge in [0, 0.05) is 17.7 Å². The molecule has 2 atom stereocenters. The number of carbonyl (C=O) groups excluding carboxylic acids is 2. The molecule has 2 unspecified atom stereocenters. The Bertz CT molecular complexity index is 735. The summed E-state index contributed by atoms with van der Waals surface area (Å²) in [5.41, 5.74) is 0.242. The Balaban J connectivity index is 2.25. The van der Waals surface area contributed by atoms with Crippen LogP contribution in [-0.2, 0) is 19.8 Å². The van der Waals surface area contributed by atoms with Crippen molar-refractivity contribution < 1.29 is 19.5 Å². The monoisotopic (exact) mass is 316 g/mol. The fourth-order valence-electron chi connectivity index (χ4n) is 3.71.